The number of carbonyl (C=O) groups is 2. The highest BCUT2D eigenvalue weighted by molar-refractivity contribution is 6.07. The van der Waals surface area contributed by atoms with Crippen LogP contribution < -0.4 is 5.73 Å². The Morgan fingerprint density at radius 3 is 2.47 bits per heavy atom. The number of unbranched alkanes of at least 4 members (excludes halogenated alkanes) is 2. The number of nitrogens with zero attached hydrogens (tertiary/aromatic N) is 1. The van der Waals surface area contributed by atoms with Crippen molar-refractivity contribution in [1.82, 2.24) is 4.90 Å². The molecule has 1 saturated heterocycles. The van der Waals surface area contributed by atoms with Gasteiger partial charge in [-0.2, -0.15) is 0 Å². The zero-order valence-corrected chi connectivity index (χ0v) is 11.8. The number of hydrogen-bond donors (Lipinski definition) is 1. The SMILES string of the molecule is CCCCCC(N)(C(=O)OC)C(=O)N1CCOCC1. The Morgan fingerprint density at radius 1 is 1.32 bits per heavy atom. The Balaban J connectivity index is 2.75. The standard InChI is InChI=1S/C13H24N2O4/c1-3-4-5-6-13(14,12(17)18-2)11(16)15-7-9-19-10-8-15/h3-10,14H2,1-2H3. The van der Waals surface area contributed by atoms with Gasteiger partial charge >= 0.3 is 5.97 Å². The largest absolute Gasteiger partial charge is 0.467 e. The molecule has 0 spiro atoms. The first-order chi connectivity index (χ1) is 9.06. The van der Waals surface area contributed by atoms with E-state index >= 15 is 0 Å². The molecule has 1 aliphatic rings. The van der Waals surface area contributed by atoms with Crippen molar-refractivity contribution in [2.24, 2.45) is 5.73 Å². The van der Waals surface area contributed by atoms with Gasteiger partial charge in [-0.3, -0.25) is 4.79 Å². The first-order valence-corrected chi connectivity index (χ1v) is 6.80. The highest BCUT2D eigenvalue weighted by Crippen LogP contribution is 2.18. The van der Waals surface area contributed by atoms with Gasteiger partial charge in [0.1, 0.15) is 0 Å². The smallest absolute Gasteiger partial charge is 0.335 e. The predicted molar refractivity (Wildman–Crippen MR) is 70.5 cm³/mol. The number of rotatable bonds is 6. The van der Waals surface area contributed by atoms with Crippen LogP contribution in [-0.4, -0.2) is 55.7 Å². The molecule has 0 aliphatic carbocycles. The topological polar surface area (TPSA) is 81.9 Å². The van der Waals surface area contributed by atoms with Crippen molar-refractivity contribution < 1.29 is 19.1 Å². The summed E-state index contributed by atoms with van der Waals surface area (Å²) in [5.41, 5.74) is 4.51. The molecule has 1 amide bonds. The van der Waals surface area contributed by atoms with E-state index < -0.39 is 11.5 Å². The van der Waals surface area contributed by atoms with Gasteiger partial charge in [-0.25, -0.2) is 4.79 Å². The predicted octanol–water partition coefficient (Wildman–Crippen LogP) is 0.296. The average Bonchev–Trinajstić information content (AvgIpc) is 2.46. The molecule has 1 fully saturated rings. The molecule has 0 radical (unpaired) electrons. The van der Waals surface area contributed by atoms with Crippen LogP contribution in [0.2, 0.25) is 0 Å². The number of ether oxygens (including phenoxy) is 2. The van der Waals surface area contributed by atoms with Crippen LogP contribution in [0.4, 0.5) is 0 Å². The van der Waals surface area contributed by atoms with Gasteiger partial charge in [0, 0.05) is 13.1 Å². The third kappa shape index (κ3) is 3.91. The van der Waals surface area contributed by atoms with Gasteiger partial charge in [0.05, 0.1) is 20.3 Å². The molecule has 6 heteroatoms. The minimum Gasteiger partial charge on any atom is -0.467 e. The maximum atomic E-state index is 12.5. The summed E-state index contributed by atoms with van der Waals surface area (Å²) in [4.78, 5) is 25.9. The Morgan fingerprint density at radius 2 is 1.95 bits per heavy atom. The fourth-order valence-electron chi connectivity index (χ4n) is 2.18. The van der Waals surface area contributed by atoms with E-state index in [9.17, 15) is 9.59 Å². The van der Waals surface area contributed by atoms with Crippen molar-refractivity contribution in [3.63, 3.8) is 0 Å². The van der Waals surface area contributed by atoms with E-state index in [1.54, 1.807) is 4.90 Å². The minimum atomic E-state index is -1.55. The first-order valence-electron chi connectivity index (χ1n) is 6.80. The summed E-state index contributed by atoms with van der Waals surface area (Å²) >= 11 is 0. The molecule has 1 unspecified atom stereocenters. The summed E-state index contributed by atoms with van der Waals surface area (Å²) < 4.78 is 9.91. The Bertz CT molecular complexity index is 316. The number of methoxy groups -OCH3 is 1. The van der Waals surface area contributed by atoms with Crippen LogP contribution >= 0.6 is 0 Å². The lowest BCUT2D eigenvalue weighted by molar-refractivity contribution is -0.158. The normalized spacial score (nSPS) is 18.8. The Labute approximate surface area is 114 Å². The molecule has 110 valence electrons. The second kappa shape index (κ2) is 7.45. The van der Waals surface area contributed by atoms with Crippen LogP contribution in [-0.2, 0) is 19.1 Å². The number of nitrogens with two attached hydrogens (primary N) is 1. The van der Waals surface area contributed by atoms with Crippen LogP contribution in [0.1, 0.15) is 32.6 Å². The third-order valence-corrected chi connectivity index (χ3v) is 3.40. The van der Waals surface area contributed by atoms with Crippen molar-refractivity contribution in [3.05, 3.63) is 0 Å². The van der Waals surface area contributed by atoms with Crippen LogP contribution in [0.5, 0.6) is 0 Å². The van der Waals surface area contributed by atoms with Crippen LogP contribution in [0.25, 0.3) is 0 Å². The quantitative estimate of drug-likeness (QED) is 0.427. The van der Waals surface area contributed by atoms with E-state index in [2.05, 4.69) is 6.92 Å². The molecular formula is C13H24N2O4. The maximum Gasteiger partial charge on any atom is 0.335 e. The van der Waals surface area contributed by atoms with E-state index in [1.807, 2.05) is 0 Å². The molecule has 0 aromatic rings. The molecule has 1 aliphatic heterocycles. The van der Waals surface area contributed by atoms with E-state index in [4.69, 9.17) is 15.2 Å². The van der Waals surface area contributed by atoms with Crippen LogP contribution in [0, 0.1) is 0 Å². The zero-order valence-electron chi connectivity index (χ0n) is 11.8. The van der Waals surface area contributed by atoms with E-state index in [-0.39, 0.29) is 5.91 Å². The highest BCUT2D eigenvalue weighted by atomic mass is 16.5. The molecule has 2 N–H and O–H groups in total. The molecule has 0 bridgehead atoms. The lowest BCUT2D eigenvalue weighted by Crippen LogP contribution is -2.62. The lowest BCUT2D eigenvalue weighted by Gasteiger charge is -2.34. The van der Waals surface area contributed by atoms with Gasteiger partial charge in [-0.15, -0.1) is 0 Å². The average molecular weight is 272 g/mol. The zero-order chi connectivity index (χ0) is 14.3. The summed E-state index contributed by atoms with van der Waals surface area (Å²) in [7, 11) is 1.26. The molecule has 1 rings (SSSR count). The molecule has 1 heterocycles. The monoisotopic (exact) mass is 272 g/mol. The van der Waals surface area contributed by atoms with Gasteiger partial charge in [-0.05, 0) is 6.42 Å². The van der Waals surface area contributed by atoms with Crippen molar-refractivity contribution in [1.29, 1.82) is 0 Å². The summed E-state index contributed by atoms with van der Waals surface area (Å²) in [5, 5.41) is 0. The van der Waals surface area contributed by atoms with Gasteiger partial charge < -0.3 is 20.1 Å². The number of carbonyl (C=O) groups excluding carboxylic acids is 2. The number of esters is 1. The van der Waals surface area contributed by atoms with Crippen molar-refractivity contribution in [3.8, 4) is 0 Å². The van der Waals surface area contributed by atoms with E-state index in [0.29, 0.717) is 32.7 Å². The van der Waals surface area contributed by atoms with Gasteiger partial charge in [-0.1, -0.05) is 26.2 Å². The number of amides is 1. The minimum absolute atomic E-state index is 0.323. The molecule has 19 heavy (non-hydrogen) atoms. The number of hydrogen-bond acceptors (Lipinski definition) is 5. The molecule has 0 aromatic carbocycles. The molecule has 1 atom stereocenters. The van der Waals surface area contributed by atoms with Crippen molar-refractivity contribution in [2.75, 3.05) is 33.4 Å². The second-order valence-electron chi connectivity index (χ2n) is 4.82. The summed E-state index contributed by atoms with van der Waals surface area (Å²) in [5.74, 6) is -1.00. The van der Waals surface area contributed by atoms with Gasteiger partial charge in [0.2, 0.25) is 0 Å². The fourth-order valence-corrected chi connectivity index (χ4v) is 2.18. The van der Waals surface area contributed by atoms with Crippen molar-refractivity contribution in [2.45, 2.75) is 38.1 Å². The van der Waals surface area contributed by atoms with Gasteiger partial charge in [0.25, 0.3) is 5.91 Å². The lowest BCUT2D eigenvalue weighted by atomic mass is 9.91. The van der Waals surface area contributed by atoms with Crippen LogP contribution in [0.3, 0.4) is 0 Å². The van der Waals surface area contributed by atoms with Crippen molar-refractivity contribution >= 4 is 11.9 Å². The van der Waals surface area contributed by atoms with E-state index in [0.717, 1.165) is 19.3 Å². The fraction of sp³-hybridized carbons (Fsp3) is 0.846. The summed E-state index contributed by atoms with van der Waals surface area (Å²) in [6, 6.07) is 0. The van der Waals surface area contributed by atoms with Gasteiger partial charge in [0.15, 0.2) is 5.54 Å². The Kier molecular flexibility index (Phi) is 6.24. The molecule has 0 saturated carbocycles. The van der Waals surface area contributed by atoms with E-state index in [1.165, 1.54) is 7.11 Å². The summed E-state index contributed by atoms with van der Waals surface area (Å²) in [6.45, 7) is 3.97. The molecule has 6 nitrogen and oxygen atoms in total. The summed E-state index contributed by atoms with van der Waals surface area (Å²) in [6.07, 6.45) is 3.00. The first kappa shape index (κ1) is 15.9. The third-order valence-electron chi connectivity index (χ3n) is 3.40. The molecular weight excluding hydrogens is 248 g/mol. The highest BCUT2D eigenvalue weighted by Gasteiger charge is 2.45. The second-order valence-corrected chi connectivity index (χ2v) is 4.82. The number of morpholine rings is 1. The maximum absolute atomic E-state index is 12.5. The Hall–Kier alpha value is -1.14. The van der Waals surface area contributed by atoms with Crippen LogP contribution in [0.15, 0.2) is 0 Å². The molecule has 0 aromatic heterocycles.